The molecule has 166 valence electrons. The number of nitrogens with one attached hydrogen (secondary N) is 1. The predicted molar refractivity (Wildman–Crippen MR) is 109 cm³/mol. The minimum Gasteiger partial charge on any atom is -0.865 e. The molecule has 9 nitrogen and oxygen atoms in total. The zero-order chi connectivity index (χ0) is 22.9. The average Bonchev–Trinajstić information content (AvgIpc) is 2.68. The fourth-order valence-electron chi connectivity index (χ4n) is 4.04. The number of rotatable bonds is 6. The van der Waals surface area contributed by atoms with E-state index in [-0.39, 0.29) is 29.3 Å². The van der Waals surface area contributed by atoms with Gasteiger partial charge in [0.1, 0.15) is 5.75 Å². The lowest BCUT2D eigenvalue weighted by atomic mass is 9.75. The van der Waals surface area contributed by atoms with Crippen LogP contribution in [0.3, 0.4) is 0 Å². The van der Waals surface area contributed by atoms with Gasteiger partial charge in [0.15, 0.2) is 5.78 Å². The van der Waals surface area contributed by atoms with E-state index in [4.69, 9.17) is 9.47 Å². The van der Waals surface area contributed by atoms with E-state index >= 15 is 0 Å². The molecule has 0 amide bonds. The molecule has 9 heteroatoms. The van der Waals surface area contributed by atoms with Gasteiger partial charge in [-0.15, -0.1) is 0 Å². The van der Waals surface area contributed by atoms with Crippen LogP contribution in [0.15, 0.2) is 34.7 Å². The molecule has 1 aliphatic heterocycles. The highest BCUT2D eigenvalue weighted by Gasteiger charge is 2.40. The van der Waals surface area contributed by atoms with Gasteiger partial charge in [0.05, 0.1) is 23.2 Å². The average molecular weight is 429 g/mol. The summed E-state index contributed by atoms with van der Waals surface area (Å²) in [5, 5.41) is 27.1. The standard InChI is InChI=1S/C22H26N2O7/c1-5-30-17-10-13(9-15(21(17)26)24(28)29)19-18(22(27)31-11(2)3)12(4)23-14-7-6-8-16(25)20(14)19/h9-11,19,23,26H,5-8H2,1-4H3/p-1. The highest BCUT2D eigenvalue weighted by molar-refractivity contribution is 6.03. The molecule has 1 atom stereocenters. The number of hydrogen-bond donors (Lipinski definition) is 1. The minimum atomic E-state index is -0.895. The van der Waals surface area contributed by atoms with Crippen LogP contribution >= 0.6 is 0 Å². The van der Waals surface area contributed by atoms with E-state index in [1.54, 1.807) is 27.7 Å². The Morgan fingerprint density at radius 2 is 2.03 bits per heavy atom. The van der Waals surface area contributed by atoms with E-state index < -0.39 is 34.4 Å². The SMILES string of the molecule is CCOc1cc(C2C(C(=O)OC(C)C)=C(C)NC3=C2C(=O)CCC3)cc([N+](=O)[O-])c1[O-]. The molecule has 1 aromatic rings. The fraction of sp³-hybridized carbons (Fsp3) is 0.455. The Morgan fingerprint density at radius 3 is 2.65 bits per heavy atom. The number of nitro groups is 1. The molecular weight excluding hydrogens is 404 g/mol. The van der Waals surface area contributed by atoms with Crippen molar-refractivity contribution in [1.82, 2.24) is 5.32 Å². The highest BCUT2D eigenvalue weighted by atomic mass is 16.6. The third kappa shape index (κ3) is 4.26. The van der Waals surface area contributed by atoms with Gasteiger partial charge in [-0.3, -0.25) is 14.9 Å². The van der Waals surface area contributed by atoms with Crippen molar-refractivity contribution in [3.8, 4) is 11.5 Å². The van der Waals surface area contributed by atoms with E-state index in [1.807, 2.05) is 0 Å². The van der Waals surface area contributed by atoms with Crippen molar-refractivity contribution in [3.63, 3.8) is 0 Å². The lowest BCUT2D eigenvalue weighted by molar-refractivity contribution is -0.398. The second-order valence-electron chi connectivity index (χ2n) is 7.78. The molecule has 0 fully saturated rings. The van der Waals surface area contributed by atoms with Crippen molar-refractivity contribution in [3.05, 3.63) is 50.4 Å². The van der Waals surface area contributed by atoms with Crippen molar-refractivity contribution in [2.24, 2.45) is 0 Å². The van der Waals surface area contributed by atoms with Crippen LogP contribution in [0, 0.1) is 10.1 Å². The van der Waals surface area contributed by atoms with Gasteiger partial charge >= 0.3 is 5.97 Å². The summed E-state index contributed by atoms with van der Waals surface area (Å²) in [5.41, 5.74) is 1.37. The second-order valence-corrected chi connectivity index (χ2v) is 7.78. The Hall–Kier alpha value is -3.36. The summed E-state index contributed by atoms with van der Waals surface area (Å²) >= 11 is 0. The van der Waals surface area contributed by atoms with Gasteiger partial charge in [-0.2, -0.15) is 0 Å². The smallest absolute Gasteiger partial charge is 0.337 e. The Balaban J connectivity index is 2.27. The molecule has 0 spiro atoms. The van der Waals surface area contributed by atoms with Crippen LogP contribution in [-0.4, -0.2) is 29.4 Å². The summed E-state index contributed by atoms with van der Waals surface area (Å²) < 4.78 is 10.8. The molecule has 2 aliphatic rings. The Morgan fingerprint density at radius 1 is 1.32 bits per heavy atom. The number of esters is 1. The minimum absolute atomic E-state index is 0.131. The number of benzene rings is 1. The summed E-state index contributed by atoms with van der Waals surface area (Å²) in [6.07, 6.45) is 1.19. The van der Waals surface area contributed by atoms with E-state index in [2.05, 4.69) is 5.32 Å². The Labute approximate surface area is 179 Å². The quantitative estimate of drug-likeness (QED) is 0.415. The zero-order valence-corrected chi connectivity index (χ0v) is 17.9. The number of ether oxygens (including phenoxy) is 2. The Bertz CT molecular complexity index is 1010. The summed E-state index contributed by atoms with van der Waals surface area (Å²) in [6, 6.07) is 2.51. The molecule has 1 N–H and O–H groups in total. The van der Waals surface area contributed by atoms with E-state index in [1.165, 1.54) is 6.07 Å². The van der Waals surface area contributed by atoms with Gasteiger partial charge in [-0.25, -0.2) is 4.79 Å². The monoisotopic (exact) mass is 429 g/mol. The number of carbonyl (C=O) groups excluding carboxylic acids is 2. The van der Waals surface area contributed by atoms with E-state index in [0.29, 0.717) is 36.2 Å². The van der Waals surface area contributed by atoms with Gasteiger partial charge < -0.3 is 19.9 Å². The van der Waals surface area contributed by atoms with Crippen LogP contribution in [0.5, 0.6) is 11.5 Å². The van der Waals surface area contributed by atoms with Gasteiger partial charge in [0.25, 0.3) is 5.69 Å². The number of allylic oxidation sites excluding steroid dienone is 3. The number of hydrogen-bond acceptors (Lipinski definition) is 8. The summed E-state index contributed by atoms with van der Waals surface area (Å²) in [5.74, 6) is -2.70. The van der Waals surface area contributed by atoms with E-state index in [9.17, 15) is 24.8 Å². The maximum atomic E-state index is 13.0. The molecule has 0 aromatic heterocycles. The summed E-state index contributed by atoms with van der Waals surface area (Å²) in [7, 11) is 0. The van der Waals surface area contributed by atoms with Crippen molar-refractivity contribution < 1.29 is 29.1 Å². The third-order valence-electron chi connectivity index (χ3n) is 5.23. The number of nitro benzene ring substituents is 1. The van der Waals surface area contributed by atoms with Crippen LogP contribution in [0.2, 0.25) is 0 Å². The first-order chi connectivity index (χ1) is 14.6. The fourth-order valence-corrected chi connectivity index (χ4v) is 4.04. The predicted octanol–water partition coefficient (Wildman–Crippen LogP) is 2.99. The first kappa shape index (κ1) is 22.3. The number of dihydropyridines is 1. The van der Waals surface area contributed by atoms with Crippen LogP contribution in [0.1, 0.15) is 58.4 Å². The maximum Gasteiger partial charge on any atom is 0.337 e. The molecule has 0 saturated carbocycles. The first-order valence-corrected chi connectivity index (χ1v) is 10.2. The first-order valence-electron chi connectivity index (χ1n) is 10.2. The molecule has 1 unspecified atom stereocenters. The molecule has 3 rings (SSSR count). The number of carbonyl (C=O) groups is 2. The molecule has 1 heterocycles. The third-order valence-corrected chi connectivity index (χ3v) is 5.23. The zero-order valence-electron chi connectivity index (χ0n) is 17.9. The molecule has 0 bridgehead atoms. The molecule has 1 aliphatic carbocycles. The van der Waals surface area contributed by atoms with Crippen molar-refractivity contribution in [2.45, 2.75) is 59.0 Å². The second kappa shape index (κ2) is 8.79. The molecular formula is C22H25N2O7-. The largest absolute Gasteiger partial charge is 0.865 e. The van der Waals surface area contributed by atoms with E-state index in [0.717, 1.165) is 6.07 Å². The van der Waals surface area contributed by atoms with Crippen LogP contribution < -0.4 is 15.2 Å². The van der Waals surface area contributed by atoms with Gasteiger partial charge in [-0.1, -0.05) is 0 Å². The van der Waals surface area contributed by atoms with Crippen LogP contribution in [0.4, 0.5) is 5.69 Å². The summed E-state index contributed by atoms with van der Waals surface area (Å²) in [4.78, 5) is 36.7. The van der Waals surface area contributed by atoms with Crippen LogP contribution in [-0.2, 0) is 14.3 Å². The van der Waals surface area contributed by atoms with Crippen molar-refractivity contribution in [1.29, 1.82) is 0 Å². The van der Waals surface area contributed by atoms with Crippen LogP contribution in [0.25, 0.3) is 0 Å². The number of nitrogens with zero attached hydrogens (tertiary/aromatic N) is 1. The van der Waals surface area contributed by atoms with Gasteiger partial charge in [0, 0.05) is 41.1 Å². The topological polar surface area (TPSA) is 131 Å². The number of Topliss-reactive ketones (excluding diaryl/α,β-unsaturated/α-hetero) is 1. The molecule has 0 saturated heterocycles. The lowest BCUT2D eigenvalue weighted by Gasteiger charge is -2.34. The number of ketones is 1. The Kier molecular flexibility index (Phi) is 6.33. The van der Waals surface area contributed by atoms with Crippen molar-refractivity contribution >= 4 is 17.4 Å². The molecule has 0 radical (unpaired) electrons. The molecule has 1 aromatic carbocycles. The van der Waals surface area contributed by atoms with Crippen molar-refractivity contribution in [2.75, 3.05) is 6.61 Å². The highest BCUT2D eigenvalue weighted by Crippen LogP contribution is 2.46. The normalized spacial score (nSPS) is 18.6. The molecule has 31 heavy (non-hydrogen) atoms. The van der Waals surface area contributed by atoms with Gasteiger partial charge in [-0.05, 0) is 52.2 Å². The lowest BCUT2D eigenvalue weighted by Crippen LogP contribution is -2.35. The maximum absolute atomic E-state index is 13.0. The van der Waals surface area contributed by atoms with Gasteiger partial charge in [0.2, 0.25) is 0 Å². The summed E-state index contributed by atoms with van der Waals surface area (Å²) in [6.45, 7) is 6.90.